The number of carbonyl (C=O) groups is 2. The zero-order valence-corrected chi connectivity index (χ0v) is 44.6. The SMILES string of the molecule is CC(C)C(C)(c1ccc(OCc2ccccn2)cc1)c1cn(C)c2cc(C(=O)Nc3cccnn3)ccc12.CC(C)C(C)(c1ccc(OCc2ccccn2)cc1)c1cn(C)c2cc(C(=O)O)ccc12.Nc1cccnn1. The lowest BCUT2D eigenvalue weighted by Crippen LogP contribution is -2.30. The first kappa shape index (κ1) is 54.0. The molecule has 15 nitrogen and oxygen atoms in total. The maximum absolute atomic E-state index is 12.9. The third kappa shape index (κ3) is 12.3. The summed E-state index contributed by atoms with van der Waals surface area (Å²) in [6.45, 7) is 14.3. The number of hydrogen-bond donors (Lipinski definition) is 3. The number of anilines is 2. The van der Waals surface area contributed by atoms with Crippen LogP contribution in [0.2, 0.25) is 0 Å². The first-order chi connectivity index (χ1) is 37.1. The number of aryl methyl sites for hydroxylation is 2. The first-order valence-corrected chi connectivity index (χ1v) is 25.4. The lowest BCUT2D eigenvalue weighted by atomic mass is 9.68. The smallest absolute Gasteiger partial charge is 0.335 e. The van der Waals surface area contributed by atoms with Crippen molar-refractivity contribution in [2.45, 2.75) is 65.6 Å². The summed E-state index contributed by atoms with van der Waals surface area (Å²) in [4.78, 5) is 32.9. The van der Waals surface area contributed by atoms with E-state index in [1.807, 2.05) is 104 Å². The van der Waals surface area contributed by atoms with E-state index in [0.717, 1.165) is 44.7 Å². The number of nitrogens with zero attached hydrogens (tertiary/aromatic N) is 8. The van der Waals surface area contributed by atoms with E-state index in [1.165, 1.54) is 22.3 Å². The van der Waals surface area contributed by atoms with Gasteiger partial charge in [-0.2, -0.15) is 10.2 Å². The van der Waals surface area contributed by atoms with E-state index >= 15 is 0 Å². The van der Waals surface area contributed by atoms with Crippen LogP contribution in [-0.4, -0.2) is 56.5 Å². The van der Waals surface area contributed by atoms with Crippen molar-refractivity contribution < 1.29 is 24.2 Å². The van der Waals surface area contributed by atoms with Crippen molar-refractivity contribution in [1.29, 1.82) is 0 Å². The normalized spacial score (nSPS) is 12.6. The zero-order chi connectivity index (χ0) is 54.7. The van der Waals surface area contributed by atoms with Gasteiger partial charge in [-0.05, 0) is 131 Å². The second kappa shape index (κ2) is 24.0. The number of aromatic nitrogens is 8. The van der Waals surface area contributed by atoms with Crippen LogP contribution in [0.4, 0.5) is 11.6 Å². The molecule has 0 spiro atoms. The van der Waals surface area contributed by atoms with Crippen LogP contribution in [0.25, 0.3) is 21.8 Å². The molecule has 2 atom stereocenters. The monoisotopic (exact) mass is 1030 g/mol. The molecule has 0 bridgehead atoms. The Balaban J connectivity index is 0.000000182. The van der Waals surface area contributed by atoms with Crippen LogP contribution < -0.4 is 20.5 Å². The Bertz CT molecular complexity index is 3560. The summed E-state index contributed by atoms with van der Waals surface area (Å²) in [5.74, 6) is 1.98. The number of nitrogens with one attached hydrogen (secondary N) is 1. The second-order valence-electron chi connectivity index (χ2n) is 19.8. The van der Waals surface area contributed by atoms with Gasteiger partial charge in [-0.3, -0.25) is 14.8 Å². The van der Waals surface area contributed by atoms with Crippen LogP contribution in [0.5, 0.6) is 11.5 Å². The number of fused-ring (bicyclic) bond motifs is 2. The van der Waals surface area contributed by atoms with E-state index in [-0.39, 0.29) is 16.7 Å². The number of amides is 1. The van der Waals surface area contributed by atoms with Crippen LogP contribution in [0.15, 0.2) is 183 Å². The molecule has 6 heterocycles. The van der Waals surface area contributed by atoms with Crippen molar-refractivity contribution in [2.24, 2.45) is 25.9 Å². The van der Waals surface area contributed by atoms with Crippen LogP contribution >= 0.6 is 0 Å². The van der Waals surface area contributed by atoms with Crippen molar-refractivity contribution in [2.75, 3.05) is 11.1 Å². The zero-order valence-electron chi connectivity index (χ0n) is 44.6. The fourth-order valence-electron chi connectivity index (χ4n) is 9.42. The van der Waals surface area contributed by atoms with Gasteiger partial charge in [-0.15, -0.1) is 10.2 Å². The largest absolute Gasteiger partial charge is 0.487 e. The van der Waals surface area contributed by atoms with E-state index < -0.39 is 5.97 Å². The van der Waals surface area contributed by atoms with Crippen LogP contribution in [0.3, 0.4) is 0 Å². The summed E-state index contributed by atoms with van der Waals surface area (Å²) in [5.41, 5.74) is 14.0. The first-order valence-electron chi connectivity index (χ1n) is 25.4. The maximum Gasteiger partial charge on any atom is 0.335 e. The van der Waals surface area contributed by atoms with Gasteiger partial charge in [0.2, 0.25) is 0 Å². The summed E-state index contributed by atoms with van der Waals surface area (Å²) < 4.78 is 16.0. The predicted octanol–water partition coefficient (Wildman–Crippen LogP) is 12.0. The third-order valence-electron chi connectivity index (χ3n) is 14.5. The average molecular weight is 1030 g/mol. The summed E-state index contributed by atoms with van der Waals surface area (Å²) in [6.07, 6.45) is 11.0. The molecule has 4 N–H and O–H groups in total. The molecular formula is C62H64N10O5. The van der Waals surface area contributed by atoms with Crippen molar-refractivity contribution in [1.82, 2.24) is 39.5 Å². The van der Waals surface area contributed by atoms with Gasteiger partial charge in [-0.1, -0.05) is 90.1 Å². The number of rotatable bonds is 15. The highest BCUT2D eigenvalue weighted by molar-refractivity contribution is 6.06. The number of carbonyl (C=O) groups excluding carboxylic acids is 1. The highest BCUT2D eigenvalue weighted by Gasteiger charge is 2.37. The summed E-state index contributed by atoms with van der Waals surface area (Å²) >= 11 is 0. The van der Waals surface area contributed by atoms with Gasteiger partial charge in [-0.25, -0.2) is 4.79 Å². The standard InChI is InChI=1S/C31H31N5O2.C27H28N2O3.C4H5N3/c1-21(2)31(3,23-11-13-25(14-12-23)38-20-24-8-5-6-16-32-24)27-19-36(4)28-18-22(10-15-26(27)28)30(37)34-29-9-7-17-33-35-29;1-18(2)27(3,24-16-29(4)25-15-19(26(30)31)8-13-23(24)25)20-9-11-22(12-10-20)32-17-21-7-5-6-14-28-21;5-4-2-1-3-6-7-4/h5-19,21H,20H2,1-4H3,(H,34,35,37);5-16,18H,17H2,1-4H3,(H,30,31);1-3H,(H2,5,7). The van der Waals surface area contributed by atoms with Gasteiger partial charge >= 0.3 is 5.97 Å². The molecular weight excluding hydrogens is 965 g/mol. The third-order valence-corrected chi connectivity index (χ3v) is 14.5. The van der Waals surface area contributed by atoms with E-state index in [1.54, 1.807) is 61.2 Å². The summed E-state index contributed by atoms with van der Waals surface area (Å²) in [5, 5.41) is 29.2. The molecule has 15 heteroatoms. The predicted molar refractivity (Wildman–Crippen MR) is 302 cm³/mol. The average Bonchev–Trinajstić information content (AvgIpc) is 4.04. The Morgan fingerprint density at radius 1 is 0.584 bits per heavy atom. The minimum absolute atomic E-state index is 0.219. The van der Waals surface area contributed by atoms with Gasteiger partial charge in [0.1, 0.15) is 30.5 Å². The molecule has 0 aliphatic carbocycles. The topological polar surface area (TPSA) is 198 Å². The van der Waals surface area contributed by atoms with E-state index in [2.05, 4.69) is 118 Å². The fraction of sp³-hybridized carbons (Fsp3) is 0.226. The molecule has 392 valence electrons. The van der Waals surface area contributed by atoms with E-state index in [9.17, 15) is 14.7 Å². The van der Waals surface area contributed by atoms with Crippen molar-refractivity contribution in [3.05, 3.63) is 228 Å². The Labute approximate surface area is 448 Å². The minimum Gasteiger partial charge on any atom is -0.487 e. The van der Waals surface area contributed by atoms with Crippen molar-refractivity contribution >= 4 is 45.3 Å². The molecule has 0 saturated carbocycles. The Kier molecular flexibility index (Phi) is 16.8. The van der Waals surface area contributed by atoms with E-state index in [4.69, 9.17) is 15.2 Å². The molecule has 0 aliphatic rings. The molecule has 10 rings (SSSR count). The number of aromatic carboxylic acids is 1. The number of pyridine rings is 2. The van der Waals surface area contributed by atoms with Crippen molar-refractivity contribution in [3.63, 3.8) is 0 Å². The molecule has 0 aliphatic heterocycles. The molecule has 2 unspecified atom stereocenters. The molecule has 6 aromatic heterocycles. The number of nitrogen functional groups attached to an aromatic ring is 1. The highest BCUT2D eigenvalue weighted by atomic mass is 16.5. The molecule has 0 saturated heterocycles. The van der Waals surface area contributed by atoms with Gasteiger partial charge < -0.3 is 34.8 Å². The maximum atomic E-state index is 12.9. The molecule has 77 heavy (non-hydrogen) atoms. The molecule has 4 aromatic carbocycles. The Hall–Kier alpha value is -9.24. The molecule has 0 radical (unpaired) electrons. The second-order valence-corrected chi connectivity index (χ2v) is 19.8. The van der Waals surface area contributed by atoms with Crippen LogP contribution in [0.1, 0.15) is 95.9 Å². The van der Waals surface area contributed by atoms with Crippen molar-refractivity contribution in [3.8, 4) is 11.5 Å². The number of hydrogen-bond acceptors (Lipinski definition) is 11. The van der Waals surface area contributed by atoms with Gasteiger partial charge in [0.15, 0.2) is 5.82 Å². The van der Waals surface area contributed by atoms with Gasteiger partial charge in [0.05, 0.1) is 17.0 Å². The fourth-order valence-corrected chi connectivity index (χ4v) is 9.42. The van der Waals surface area contributed by atoms with Crippen LogP contribution in [0, 0.1) is 11.8 Å². The molecule has 0 fully saturated rings. The van der Waals surface area contributed by atoms with Gasteiger partial charge in [0.25, 0.3) is 5.91 Å². The van der Waals surface area contributed by atoms with Crippen LogP contribution in [-0.2, 0) is 38.1 Å². The van der Waals surface area contributed by atoms with Gasteiger partial charge in [0, 0.05) is 89.5 Å². The van der Waals surface area contributed by atoms with E-state index in [0.29, 0.717) is 47.8 Å². The molecule has 10 aromatic rings. The Morgan fingerprint density at radius 2 is 1.05 bits per heavy atom. The molecule has 1 amide bonds. The number of benzene rings is 4. The Morgan fingerprint density at radius 3 is 1.44 bits per heavy atom. The minimum atomic E-state index is -0.914. The lowest BCUT2D eigenvalue weighted by molar-refractivity contribution is 0.0696. The summed E-state index contributed by atoms with van der Waals surface area (Å²) in [6, 6.07) is 46.3. The number of carboxylic acid groups (broad SMARTS) is 1. The number of nitrogens with two attached hydrogens (primary N) is 1. The lowest BCUT2D eigenvalue weighted by Gasteiger charge is -2.35. The summed E-state index contributed by atoms with van der Waals surface area (Å²) in [7, 11) is 3.98. The quantitative estimate of drug-likeness (QED) is 0.0879. The highest BCUT2D eigenvalue weighted by Crippen LogP contribution is 2.45. The number of ether oxygens (including phenoxy) is 2. The number of carboxylic acids is 1.